The van der Waals surface area contributed by atoms with Gasteiger partial charge in [0, 0.05) is 32.3 Å². The van der Waals surface area contributed by atoms with Gasteiger partial charge in [0.1, 0.15) is 5.82 Å². The zero-order chi connectivity index (χ0) is 25.5. The standard InChI is InChI=1S/C22H19ClF4N4O3S/c1-30-11-19(28-12-30)35(33,34)31-9-15(13-5-7-14(24)8-6-13)16(10-31)21(32)29-18-4-2-3-17(20(18)23)22(25,26)27/h2-8,11-12,15-16H,9-10H2,1H3,(H,29,32)/t15-,16+/m1/s1. The number of halogens is 5. The van der Waals surface area contributed by atoms with Crippen molar-refractivity contribution in [2.24, 2.45) is 13.0 Å². The van der Waals surface area contributed by atoms with Gasteiger partial charge in [0.15, 0.2) is 5.03 Å². The van der Waals surface area contributed by atoms with Crippen LogP contribution < -0.4 is 5.32 Å². The van der Waals surface area contributed by atoms with E-state index in [1.54, 1.807) is 7.05 Å². The lowest BCUT2D eigenvalue weighted by Crippen LogP contribution is -2.32. The zero-order valence-electron chi connectivity index (χ0n) is 18.1. The number of rotatable bonds is 5. The molecule has 7 nitrogen and oxygen atoms in total. The highest BCUT2D eigenvalue weighted by molar-refractivity contribution is 7.89. The van der Waals surface area contributed by atoms with Crippen molar-refractivity contribution in [3.63, 3.8) is 0 Å². The third-order valence-electron chi connectivity index (χ3n) is 5.77. The van der Waals surface area contributed by atoms with Gasteiger partial charge >= 0.3 is 6.18 Å². The number of hydrogen-bond acceptors (Lipinski definition) is 4. The topological polar surface area (TPSA) is 84.3 Å². The van der Waals surface area contributed by atoms with E-state index in [0.717, 1.165) is 16.4 Å². The minimum Gasteiger partial charge on any atom is -0.339 e. The van der Waals surface area contributed by atoms with Gasteiger partial charge in [-0.25, -0.2) is 17.8 Å². The van der Waals surface area contributed by atoms with Crippen molar-refractivity contribution in [2.45, 2.75) is 17.1 Å². The summed E-state index contributed by atoms with van der Waals surface area (Å²) in [5.74, 6) is -2.93. The summed E-state index contributed by atoms with van der Waals surface area (Å²) in [7, 11) is -2.46. The molecule has 0 unspecified atom stereocenters. The van der Waals surface area contributed by atoms with Crippen LogP contribution in [0.15, 0.2) is 60.0 Å². The Balaban J connectivity index is 1.67. The van der Waals surface area contributed by atoms with E-state index in [4.69, 9.17) is 11.6 Å². The summed E-state index contributed by atoms with van der Waals surface area (Å²) >= 11 is 5.91. The van der Waals surface area contributed by atoms with Gasteiger partial charge < -0.3 is 9.88 Å². The quantitative estimate of drug-likeness (QED) is 0.499. The maximum Gasteiger partial charge on any atom is 0.417 e. The van der Waals surface area contributed by atoms with Gasteiger partial charge in [0.2, 0.25) is 5.91 Å². The molecule has 2 aromatic carbocycles. The van der Waals surface area contributed by atoms with E-state index in [0.29, 0.717) is 5.56 Å². The Kier molecular flexibility index (Phi) is 6.64. The highest BCUT2D eigenvalue weighted by Crippen LogP contribution is 2.40. The summed E-state index contributed by atoms with van der Waals surface area (Å²) in [5.41, 5.74) is -0.867. The largest absolute Gasteiger partial charge is 0.417 e. The number of carbonyl (C=O) groups excluding carboxylic acids is 1. The Bertz CT molecular complexity index is 1360. The lowest BCUT2D eigenvalue weighted by Gasteiger charge is -2.19. The van der Waals surface area contributed by atoms with Gasteiger partial charge in [0.05, 0.1) is 28.5 Å². The predicted molar refractivity (Wildman–Crippen MR) is 120 cm³/mol. The average Bonchev–Trinajstić information content (AvgIpc) is 3.42. The van der Waals surface area contributed by atoms with Crippen LogP contribution in [-0.2, 0) is 28.0 Å². The van der Waals surface area contributed by atoms with E-state index >= 15 is 0 Å². The van der Waals surface area contributed by atoms with Crippen LogP contribution >= 0.6 is 11.6 Å². The van der Waals surface area contributed by atoms with Crippen LogP contribution in [0.5, 0.6) is 0 Å². The first-order valence-corrected chi connectivity index (χ1v) is 12.1. The van der Waals surface area contributed by atoms with Crippen molar-refractivity contribution in [2.75, 3.05) is 18.4 Å². The lowest BCUT2D eigenvalue weighted by molar-refractivity contribution is -0.137. The van der Waals surface area contributed by atoms with Crippen molar-refractivity contribution >= 4 is 33.2 Å². The molecule has 1 saturated heterocycles. The van der Waals surface area contributed by atoms with Gasteiger partial charge in [-0.05, 0) is 29.8 Å². The molecule has 1 amide bonds. The third-order valence-corrected chi connectivity index (χ3v) is 7.89. The second-order valence-electron chi connectivity index (χ2n) is 8.12. The summed E-state index contributed by atoms with van der Waals surface area (Å²) < 4.78 is 81.9. The fourth-order valence-corrected chi connectivity index (χ4v) is 5.74. The maximum absolute atomic E-state index is 13.5. The average molecular weight is 531 g/mol. The number of nitrogens with one attached hydrogen (secondary N) is 1. The summed E-state index contributed by atoms with van der Waals surface area (Å²) in [6, 6.07) is 8.36. The third kappa shape index (κ3) is 5.04. The van der Waals surface area contributed by atoms with Crippen molar-refractivity contribution in [1.29, 1.82) is 0 Å². The molecule has 0 bridgehead atoms. The van der Waals surface area contributed by atoms with Gasteiger partial charge in [-0.2, -0.15) is 17.5 Å². The number of aryl methyl sites for hydroxylation is 1. The number of benzene rings is 2. The molecule has 1 aliphatic heterocycles. The van der Waals surface area contributed by atoms with Crippen LogP contribution in [0, 0.1) is 11.7 Å². The zero-order valence-corrected chi connectivity index (χ0v) is 19.7. The lowest BCUT2D eigenvalue weighted by atomic mass is 9.88. The number of carbonyl (C=O) groups is 1. The Morgan fingerprint density at radius 3 is 2.43 bits per heavy atom. The highest BCUT2D eigenvalue weighted by atomic mass is 35.5. The number of anilines is 1. The molecule has 0 radical (unpaired) electrons. The van der Waals surface area contributed by atoms with E-state index in [9.17, 15) is 30.8 Å². The molecule has 2 heterocycles. The first kappa shape index (κ1) is 25.1. The number of sulfonamides is 1. The molecule has 0 saturated carbocycles. The number of aromatic nitrogens is 2. The summed E-state index contributed by atoms with van der Waals surface area (Å²) in [4.78, 5) is 17.1. The summed E-state index contributed by atoms with van der Waals surface area (Å²) in [5, 5.41) is 1.52. The molecule has 2 atom stereocenters. The molecule has 13 heteroatoms. The molecule has 1 N–H and O–H groups in total. The van der Waals surface area contributed by atoms with Crippen molar-refractivity contribution in [3.05, 3.63) is 77.0 Å². The number of imidazole rings is 1. The first-order chi connectivity index (χ1) is 16.4. The van der Waals surface area contributed by atoms with Crippen LogP contribution in [-0.4, -0.2) is 41.3 Å². The Labute approximate surface area is 203 Å². The highest BCUT2D eigenvalue weighted by Gasteiger charge is 2.44. The second kappa shape index (κ2) is 9.25. The normalized spacial score (nSPS) is 19.1. The SMILES string of the molecule is Cn1cnc(S(=O)(=O)N2C[C@H](C(=O)Nc3cccc(C(F)(F)F)c3Cl)[C@@H](c3ccc(F)cc3)C2)c1. The Morgan fingerprint density at radius 2 is 1.83 bits per heavy atom. The monoisotopic (exact) mass is 530 g/mol. The van der Waals surface area contributed by atoms with Gasteiger partial charge in [-0.1, -0.05) is 29.8 Å². The van der Waals surface area contributed by atoms with E-state index in [2.05, 4.69) is 10.3 Å². The number of nitrogens with zero attached hydrogens (tertiary/aromatic N) is 3. The van der Waals surface area contributed by atoms with Gasteiger partial charge in [-0.15, -0.1) is 0 Å². The smallest absolute Gasteiger partial charge is 0.339 e. The molecule has 186 valence electrons. The fourth-order valence-electron chi connectivity index (χ4n) is 4.00. The van der Waals surface area contributed by atoms with Crippen molar-refractivity contribution in [3.8, 4) is 0 Å². The number of amides is 1. The number of hydrogen-bond donors (Lipinski definition) is 1. The molecular weight excluding hydrogens is 512 g/mol. The molecule has 1 aromatic heterocycles. The van der Waals surface area contributed by atoms with E-state index in [1.165, 1.54) is 47.4 Å². The first-order valence-electron chi connectivity index (χ1n) is 10.3. The minimum absolute atomic E-state index is 0.112. The predicted octanol–water partition coefficient (Wildman–Crippen LogP) is 4.27. The van der Waals surface area contributed by atoms with Crippen molar-refractivity contribution < 1.29 is 30.8 Å². The minimum atomic E-state index is -4.73. The molecule has 3 aromatic rings. The van der Waals surface area contributed by atoms with Crippen molar-refractivity contribution in [1.82, 2.24) is 13.9 Å². The molecule has 1 fully saturated rings. The van der Waals surface area contributed by atoms with Gasteiger partial charge in [-0.3, -0.25) is 4.79 Å². The molecule has 1 aliphatic rings. The molecular formula is C22H19ClF4N4O3S. The van der Waals surface area contributed by atoms with E-state index in [-0.39, 0.29) is 23.8 Å². The molecule has 4 rings (SSSR count). The van der Waals surface area contributed by atoms with Crippen LogP contribution in [0.4, 0.5) is 23.2 Å². The van der Waals surface area contributed by atoms with Gasteiger partial charge in [0.25, 0.3) is 10.0 Å². The molecule has 0 aliphatic carbocycles. The van der Waals surface area contributed by atoms with E-state index < -0.39 is 50.3 Å². The van der Waals surface area contributed by atoms with Crippen LogP contribution in [0.2, 0.25) is 5.02 Å². The Hall–Kier alpha value is -2.96. The second-order valence-corrected chi connectivity index (χ2v) is 10.4. The molecule has 0 spiro atoms. The summed E-state index contributed by atoms with van der Waals surface area (Å²) in [6.07, 6.45) is -2.09. The maximum atomic E-state index is 13.5. The molecule has 35 heavy (non-hydrogen) atoms. The van der Waals surface area contributed by atoms with E-state index in [1.807, 2.05) is 0 Å². The fraction of sp³-hybridized carbons (Fsp3) is 0.273. The number of alkyl halides is 3. The Morgan fingerprint density at radius 1 is 1.14 bits per heavy atom. The van der Waals surface area contributed by atoms with Crippen LogP contribution in [0.25, 0.3) is 0 Å². The van der Waals surface area contributed by atoms with Crippen LogP contribution in [0.1, 0.15) is 17.0 Å². The summed E-state index contributed by atoms with van der Waals surface area (Å²) in [6.45, 7) is -0.373. The van der Waals surface area contributed by atoms with Crippen LogP contribution in [0.3, 0.4) is 0 Å².